The Bertz CT molecular complexity index is 488. The normalized spacial score (nSPS) is 16.1. The van der Waals surface area contributed by atoms with Gasteiger partial charge in [0.25, 0.3) is 0 Å². The van der Waals surface area contributed by atoms with Crippen LogP contribution in [0.3, 0.4) is 0 Å². The Morgan fingerprint density at radius 2 is 1.80 bits per heavy atom. The lowest BCUT2D eigenvalue weighted by atomic mass is 9.93. The predicted octanol–water partition coefficient (Wildman–Crippen LogP) is 2.82. The van der Waals surface area contributed by atoms with Crippen LogP contribution in [0.2, 0.25) is 0 Å². The molecule has 0 unspecified atom stereocenters. The summed E-state index contributed by atoms with van der Waals surface area (Å²) in [6.07, 6.45) is 3.02. The van der Waals surface area contributed by atoms with Crippen molar-refractivity contribution in [1.82, 2.24) is 5.32 Å². The van der Waals surface area contributed by atoms with E-state index in [0.717, 1.165) is 32.4 Å². The van der Waals surface area contributed by atoms with E-state index in [-0.39, 0.29) is 18.0 Å². The third kappa shape index (κ3) is 3.96. The minimum Gasteiger partial charge on any atom is -0.324 e. The van der Waals surface area contributed by atoms with E-state index in [1.807, 2.05) is 0 Å². The molecular weight excluding hydrogens is 269 g/mol. The molecule has 1 amide bonds. The van der Waals surface area contributed by atoms with Crippen molar-refractivity contribution in [3.05, 3.63) is 29.6 Å². The summed E-state index contributed by atoms with van der Waals surface area (Å²) in [4.78, 5) is 11.7. The second kappa shape index (κ2) is 6.74. The average Bonchev–Trinajstić information content (AvgIpc) is 2.44. The number of rotatable bonds is 4. The van der Waals surface area contributed by atoms with Gasteiger partial charge in [-0.2, -0.15) is 0 Å². The van der Waals surface area contributed by atoms with Crippen LogP contribution in [-0.4, -0.2) is 19.0 Å². The zero-order valence-corrected chi connectivity index (χ0v) is 11.0. The summed E-state index contributed by atoms with van der Waals surface area (Å²) in [5.74, 6) is -3.32. The molecule has 6 heteroatoms. The van der Waals surface area contributed by atoms with Crippen molar-refractivity contribution >= 4 is 11.6 Å². The zero-order valence-electron chi connectivity index (χ0n) is 11.0. The molecular formula is C14H17F3N2O. The number of piperidine rings is 1. The fourth-order valence-electron chi connectivity index (χ4n) is 2.34. The van der Waals surface area contributed by atoms with E-state index in [1.165, 1.54) is 0 Å². The predicted molar refractivity (Wildman–Crippen MR) is 69.8 cm³/mol. The molecule has 1 aromatic rings. The van der Waals surface area contributed by atoms with Gasteiger partial charge < -0.3 is 10.6 Å². The second-order valence-electron chi connectivity index (χ2n) is 5.03. The van der Waals surface area contributed by atoms with Crippen LogP contribution >= 0.6 is 0 Å². The van der Waals surface area contributed by atoms with Crippen LogP contribution in [0.25, 0.3) is 0 Å². The molecule has 2 N–H and O–H groups in total. The lowest BCUT2D eigenvalue weighted by molar-refractivity contribution is -0.116. The van der Waals surface area contributed by atoms with E-state index >= 15 is 0 Å². The van der Waals surface area contributed by atoms with Gasteiger partial charge in [-0.3, -0.25) is 4.79 Å². The van der Waals surface area contributed by atoms with Gasteiger partial charge in [0, 0.05) is 18.6 Å². The fraction of sp³-hybridized carbons (Fsp3) is 0.500. The molecule has 110 valence electrons. The Morgan fingerprint density at radius 3 is 2.50 bits per heavy atom. The first kappa shape index (κ1) is 14.8. The molecule has 1 aromatic carbocycles. The molecule has 3 nitrogen and oxygen atoms in total. The van der Waals surface area contributed by atoms with Gasteiger partial charge in [0.2, 0.25) is 5.91 Å². The first-order chi connectivity index (χ1) is 9.56. The van der Waals surface area contributed by atoms with E-state index < -0.39 is 17.5 Å². The molecule has 1 heterocycles. The van der Waals surface area contributed by atoms with Crippen LogP contribution < -0.4 is 10.6 Å². The number of benzene rings is 1. The Hall–Kier alpha value is -1.56. The summed E-state index contributed by atoms with van der Waals surface area (Å²) < 4.78 is 39.1. The first-order valence-electron chi connectivity index (χ1n) is 6.71. The molecule has 0 bridgehead atoms. The molecule has 1 saturated heterocycles. The molecule has 0 saturated carbocycles. The van der Waals surface area contributed by atoms with Gasteiger partial charge in [-0.15, -0.1) is 0 Å². The lowest BCUT2D eigenvalue weighted by Gasteiger charge is -2.22. The van der Waals surface area contributed by atoms with Crippen molar-refractivity contribution in [2.75, 3.05) is 18.4 Å². The molecule has 1 aliphatic heterocycles. The maximum atomic E-state index is 13.4. The highest BCUT2D eigenvalue weighted by molar-refractivity contribution is 5.90. The van der Waals surface area contributed by atoms with Gasteiger partial charge in [0.05, 0.1) is 5.69 Å². The monoisotopic (exact) mass is 286 g/mol. The quantitative estimate of drug-likeness (QED) is 0.836. The maximum absolute atomic E-state index is 13.4. The maximum Gasteiger partial charge on any atom is 0.224 e. The third-order valence-corrected chi connectivity index (χ3v) is 3.52. The number of anilines is 1. The highest BCUT2D eigenvalue weighted by Gasteiger charge is 2.16. The summed E-state index contributed by atoms with van der Waals surface area (Å²) in [5, 5.41) is 5.52. The zero-order chi connectivity index (χ0) is 14.5. The summed E-state index contributed by atoms with van der Waals surface area (Å²) in [6.45, 7) is 1.90. The molecule has 1 aliphatic rings. The fourth-order valence-corrected chi connectivity index (χ4v) is 2.34. The van der Waals surface area contributed by atoms with E-state index in [2.05, 4.69) is 10.6 Å². The van der Waals surface area contributed by atoms with E-state index in [1.54, 1.807) is 0 Å². The standard InChI is InChI=1S/C14H17F3N2O/c15-10-7-12(17)13(8-11(10)16)19-14(20)2-1-9-3-5-18-6-4-9/h7-9,18H,1-6H2,(H,19,20). The molecule has 0 aromatic heterocycles. The first-order valence-corrected chi connectivity index (χ1v) is 6.71. The SMILES string of the molecule is O=C(CCC1CCNCC1)Nc1cc(F)c(F)cc1F. The number of hydrogen-bond acceptors (Lipinski definition) is 2. The number of carbonyl (C=O) groups excluding carboxylic acids is 1. The van der Waals surface area contributed by atoms with Gasteiger partial charge in [-0.1, -0.05) is 0 Å². The Morgan fingerprint density at radius 1 is 1.15 bits per heavy atom. The van der Waals surface area contributed by atoms with Crippen molar-refractivity contribution in [3.63, 3.8) is 0 Å². The Kier molecular flexibility index (Phi) is 5.00. The van der Waals surface area contributed by atoms with E-state index in [9.17, 15) is 18.0 Å². The summed E-state index contributed by atoms with van der Waals surface area (Å²) in [6, 6.07) is 1.09. The topological polar surface area (TPSA) is 41.1 Å². The molecule has 0 radical (unpaired) electrons. The highest BCUT2D eigenvalue weighted by Crippen LogP contribution is 2.21. The smallest absolute Gasteiger partial charge is 0.224 e. The molecule has 2 rings (SSSR count). The van der Waals surface area contributed by atoms with Crippen molar-refractivity contribution in [1.29, 1.82) is 0 Å². The van der Waals surface area contributed by atoms with Crippen LogP contribution in [0.15, 0.2) is 12.1 Å². The Balaban J connectivity index is 1.86. The average molecular weight is 286 g/mol. The molecule has 20 heavy (non-hydrogen) atoms. The molecule has 0 atom stereocenters. The third-order valence-electron chi connectivity index (χ3n) is 3.52. The van der Waals surface area contributed by atoms with E-state index in [4.69, 9.17) is 0 Å². The van der Waals surface area contributed by atoms with Crippen LogP contribution in [0.1, 0.15) is 25.7 Å². The van der Waals surface area contributed by atoms with Crippen molar-refractivity contribution in [2.45, 2.75) is 25.7 Å². The van der Waals surface area contributed by atoms with Crippen LogP contribution in [-0.2, 0) is 4.79 Å². The van der Waals surface area contributed by atoms with Gasteiger partial charge in [0.15, 0.2) is 11.6 Å². The van der Waals surface area contributed by atoms with Crippen molar-refractivity contribution < 1.29 is 18.0 Å². The minimum absolute atomic E-state index is 0.253. The molecule has 0 spiro atoms. The van der Waals surface area contributed by atoms with Gasteiger partial charge in [-0.05, 0) is 38.3 Å². The number of halogens is 3. The van der Waals surface area contributed by atoms with E-state index in [0.29, 0.717) is 18.1 Å². The Labute approximate surface area is 115 Å². The van der Waals surface area contributed by atoms with Gasteiger partial charge in [-0.25, -0.2) is 13.2 Å². The lowest BCUT2D eigenvalue weighted by Crippen LogP contribution is -2.28. The number of hydrogen-bond donors (Lipinski definition) is 2. The minimum atomic E-state index is -1.27. The number of carbonyl (C=O) groups is 1. The molecule has 0 aliphatic carbocycles. The van der Waals surface area contributed by atoms with Crippen molar-refractivity contribution in [2.24, 2.45) is 5.92 Å². The number of amides is 1. The van der Waals surface area contributed by atoms with Gasteiger partial charge >= 0.3 is 0 Å². The van der Waals surface area contributed by atoms with Gasteiger partial charge in [0.1, 0.15) is 5.82 Å². The second-order valence-corrected chi connectivity index (χ2v) is 5.03. The van der Waals surface area contributed by atoms with Crippen LogP contribution in [0, 0.1) is 23.4 Å². The van der Waals surface area contributed by atoms with Crippen LogP contribution in [0.4, 0.5) is 18.9 Å². The number of nitrogens with one attached hydrogen (secondary N) is 2. The summed E-state index contributed by atoms with van der Waals surface area (Å²) >= 11 is 0. The largest absolute Gasteiger partial charge is 0.324 e. The summed E-state index contributed by atoms with van der Waals surface area (Å²) in [5.41, 5.74) is -0.320. The molecule has 1 fully saturated rings. The summed E-state index contributed by atoms with van der Waals surface area (Å²) in [7, 11) is 0. The van der Waals surface area contributed by atoms with Crippen molar-refractivity contribution in [3.8, 4) is 0 Å². The van der Waals surface area contributed by atoms with Crippen LogP contribution in [0.5, 0.6) is 0 Å². The highest BCUT2D eigenvalue weighted by atomic mass is 19.2.